The fraction of sp³-hybridized carbons (Fsp3) is 0.526. The fourth-order valence-corrected chi connectivity index (χ4v) is 2.06. The van der Waals surface area contributed by atoms with E-state index >= 15 is 0 Å². The van der Waals surface area contributed by atoms with Gasteiger partial charge in [-0.05, 0) is 52.3 Å². The molecule has 0 saturated heterocycles. The van der Waals surface area contributed by atoms with Crippen molar-refractivity contribution in [2.75, 3.05) is 11.9 Å². The quantitative estimate of drug-likeness (QED) is 0.518. The predicted octanol–water partition coefficient (Wildman–Crippen LogP) is 3.88. The first-order valence-corrected chi connectivity index (χ1v) is 8.92. The number of ether oxygens (including phenoxy) is 2. The molecule has 0 bridgehead atoms. The number of halogens is 3. The maximum Gasteiger partial charge on any atom is 0.416 e. The van der Waals surface area contributed by atoms with E-state index in [1.807, 2.05) is 0 Å². The van der Waals surface area contributed by atoms with Gasteiger partial charge in [0.25, 0.3) is 5.91 Å². The molecule has 29 heavy (non-hydrogen) atoms. The number of esters is 1. The smallest absolute Gasteiger partial charge is 0.416 e. The molecule has 0 radical (unpaired) electrons. The molecule has 0 unspecified atom stereocenters. The lowest BCUT2D eigenvalue weighted by Crippen LogP contribution is -2.33. The molecular weight excluding hydrogens is 393 g/mol. The molecule has 1 aromatic rings. The Labute approximate surface area is 166 Å². The van der Waals surface area contributed by atoms with Gasteiger partial charge in [-0.1, -0.05) is 6.07 Å². The molecule has 0 heterocycles. The third kappa shape index (κ3) is 9.82. The van der Waals surface area contributed by atoms with E-state index in [-0.39, 0.29) is 25.1 Å². The largest absolute Gasteiger partial charge is 0.453 e. The van der Waals surface area contributed by atoms with Gasteiger partial charge in [-0.25, -0.2) is 4.79 Å². The first-order valence-electron chi connectivity index (χ1n) is 8.92. The normalized spacial score (nSPS) is 12.7. The SMILES string of the molecule is C[C@@H](OC(=O)CCCNC(=O)OC(C)(C)C)C(=O)Nc1cccc(C(F)(F)F)c1. The van der Waals surface area contributed by atoms with Gasteiger partial charge in [-0.2, -0.15) is 13.2 Å². The van der Waals surface area contributed by atoms with Gasteiger partial charge >= 0.3 is 18.2 Å². The predicted molar refractivity (Wildman–Crippen MR) is 99.1 cm³/mol. The number of carbonyl (C=O) groups is 3. The highest BCUT2D eigenvalue weighted by molar-refractivity contribution is 5.95. The molecule has 162 valence electrons. The third-order valence-corrected chi connectivity index (χ3v) is 3.36. The molecule has 1 aromatic carbocycles. The van der Waals surface area contributed by atoms with E-state index in [1.165, 1.54) is 13.0 Å². The highest BCUT2D eigenvalue weighted by atomic mass is 19.4. The second-order valence-corrected chi connectivity index (χ2v) is 7.23. The summed E-state index contributed by atoms with van der Waals surface area (Å²) in [5, 5.41) is 4.75. The van der Waals surface area contributed by atoms with Crippen molar-refractivity contribution in [3.63, 3.8) is 0 Å². The van der Waals surface area contributed by atoms with Crippen LogP contribution in [0.25, 0.3) is 0 Å². The van der Waals surface area contributed by atoms with Crippen LogP contribution < -0.4 is 10.6 Å². The fourth-order valence-electron chi connectivity index (χ4n) is 2.06. The Kier molecular flexibility index (Phi) is 8.47. The van der Waals surface area contributed by atoms with Crippen LogP contribution in [-0.2, 0) is 25.2 Å². The molecule has 0 aromatic heterocycles. The zero-order valence-corrected chi connectivity index (χ0v) is 16.7. The van der Waals surface area contributed by atoms with Gasteiger partial charge in [0.15, 0.2) is 6.10 Å². The van der Waals surface area contributed by atoms with Crippen LogP contribution in [0, 0.1) is 0 Å². The van der Waals surface area contributed by atoms with Gasteiger partial charge in [0.2, 0.25) is 0 Å². The van der Waals surface area contributed by atoms with E-state index in [9.17, 15) is 27.6 Å². The molecule has 1 rings (SSSR count). The maximum absolute atomic E-state index is 12.7. The van der Waals surface area contributed by atoms with E-state index < -0.39 is 41.4 Å². The minimum Gasteiger partial charge on any atom is -0.453 e. The Morgan fingerprint density at radius 3 is 2.38 bits per heavy atom. The van der Waals surface area contributed by atoms with Crippen LogP contribution in [0.5, 0.6) is 0 Å². The maximum atomic E-state index is 12.7. The highest BCUT2D eigenvalue weighted by Gasteiger charge is 2.30. The Balaban J connectivity index is 2.39. The Morgan fingerprint density at radius 2 is 1.79 bits per heavy atom. The molecule has 10 heteroatoms. The van der Waals surface area contributed by atoms with Gasteiger partial charge in [-0.15, -0.1) is 0 Å². The van der Waals surface area contributed by atoms with E-state index in [1.54, 1.807) is 20.8 Å². The molecule has 0 aliphatic carbocycles. The van der Waals surface area contributed by atoms with Gasteiger partial charge in [0.1, 0.15) is 5.60 Å². The van der Waals surface area contributed by atoms with Crippen molar-refractivity contribution >= 4 is 23.7 Å². The van der Waals surface area contributed by atoms with Crippen molar-refractivity contribution in [3.05, 3.63) is 29.8 Å². The summed E-state index contributed by atoms with van der Waals surface area (Å²) in [6.45, 7) is 6.63. The Hall–Kier alpha value is -2.78. The lowest BCUT2D eigenvalue weighted by atomic mass is 10.2. The lowest BCUT2D eigenvalue weighted by molar-refractivity contribution is -0.153. The van der Waals surface area contributed by atoms with Crippen LogP contribution in [0.2, 0.25) is 0 Å². The van der Waals surface area contributed by atoms with Crippen LogP contribution >= 0.6 is 0 Å². The number of hydrogen-bond donors (Lipinski definition) is 2. The molecule has 7 nitrogen and oxygen atoms in total. The van der Waals surface area contributed by atoms with E-state index in [0.717, 1.165) is 18.2 Å². The van der Waals surface area contributed by atoms with Crippen molar-refractivity contribution < 1.29 is 37.0 Å². The van der Waals surface area contributed by atoms with Crippen molar-refractivity contribution in [1.82, 2.24) is 5.32 Å². The first-order chi connectivity index (χ1) is 13.3. The van der Waals surface area contributed by atoms with Gasteiger partial charge in [0.05, 0.1) is 5.56 Å². The summed E-state index contributed by atoms with van der Waals surface area (Å²) in [5.41, 5.74) is -1.60. The van der Waals surface area contributed by atoms with Crippen molar-refractivity contribution in [3.8, 4) is 0 Å². The van der Waals surface area contributed by atoms with Crippen LogP contribution in [0.3, 0.4) is 0 Å². The number of alkyl carbamates (subject to hydrolysis) is 1. The van der Waals surface area contributed by atoms with E-state index in [4.69, 9.17) is 9.47 Å². The summed E-state index contributed by atoms with van der Waals surface area (Å²) in [6.07, 6.45) is -6.14. The van der Waals surface area contributed by atoms with Crippen LogP contribution in [0.4, 0.5) is 23.7 Å². The third-order valence-electron chi connectivity index (χ3n) is 3.36. The van der Waals surface area contributed by atoms with Crippen LogP contribution in [-0.4, -0.2) is 36.2 Å². The molecular formula is C19H25F3N2O5. The number of alkyl halides is 3. The number of hydrogen-bond acceptors (Lipinski definition) is 5. The number of anilines is 1. The van der Waals surface area contributed by atoms with Crippen molar-refractivity contribution in [1.29, 1.82) is 0 Å². The summed E-state index contributed by atoms with van der Waals surface area (Å²) >= 11 is 0. The van der Waals surface area contributed by atoms with Crippen LogP contribution in [0.15, 0.2) is 24.3 Å². The summed E-state index contributed by atoms with van der Waals surface area (Å²) in [5.74, 6) is -1.44. The molecule has 0 aliphatic rings. The Morgan fingerprint density at radius 1 is 1.14 bits per heavy atom. The minimum absolute atomic E-state index is 0.0586. The topological polar surface area (TPSA) is 93.7 Å². The zero-order valence-electron chi connectivity index (χ0n) is 16.7. The zero-order chi connectivity index (χ0) is 22.2. The van der Waals surface area contributed by atoms with Gasteiger partial charge in [-0.3, -0.25) is 9.59 Å². The molecule has 0 spiro atoms. The van der Waals surface area contributed by atoms with Gasteiger partial charge in [0, 0.05) is 18.7 Å². The van der Waals surface area contributed by atoms with E-state index in [0.29, 0.717) is 0 Å². The second kappa shape index (κ2) is 10.1. The average molecular weight is 418 g/mol. The number of amides is 2. The molecule has 1 atom stereocenters. The number of rotatable bonds is 7. The molecule has 0 fully saturated rings. The molecule has 2 amide bonds. The number of benzene rings is 1. The highest BCUT2D eigenvalue weighted by Crippen LogP contribution is 2.30. The molecule has 0 saturated carbocycles. The van der Waals surface area contributed by atoms with Crippen molar-refractivity contribution in [2.24, 2.45) is 0 Å². The van der Waals surface area contributed by atoms with Crippen LogP contribution in [0.1, 0.15) is 46.1 Å². The second-order valence-electron chi connectivity index (χ2n) is 7.23. The summed E-state index contributed by atoms with van der Waals surface area (Å²) in [4.78, 5) is 35.2. The van der Waals surface area contributed by atoms with E-state index in [2.05, 4.69) is 10.6 Å². The number of carbonyl (C=O) groups excluding carboxylic acids is 3. The standard InChI is InChI=1S/C19H25F3N2O5/c1-12(16(26)24-14-8-5-7-13(11-14)19(20,21)22)28-15(25)9-6-10-23-17(27)29-18(2,3)4/h5,7-8,11-12H,6,9-10H2,1-4H3,(H,23,27)(H,24,26)/t12-/m1/s1. The lowest BCUT2D eigenvalue weighted by Gasteiger charge is -2.19. The average Bonchev–Trinajstić information content (AvgIpc) is 2.56. The van der Waals surface area contributed by atoms with Gasteiger partial charge < -0.3 is 20.1 Å². The monoisotopic (exact) mass is 418 g/mol. The summed E-state index contributed by atoms with van der Waals surface area (Å²) in [7, 11) is 0. The van der Waals surface area contributed by atoms with Crippen molar-refractivity contribution in [2.45, 2.75) is 58.4 Å². The molecule has 2 N–H and O–H groups in total. The minimum atomic E-state index is -4.54. The summed E-state index contributed by atoms with van der Waals surface area (Å²) < 4.78 is 48.1. The summed E-state index contributed by atoms with van der Waals surface area (Å²) in [6, 6.07) is 4.12. The number of nitrogens with one attached hydrogen (secondary N) is 2. The first kappa shape index (κ1) is 24.3. The molecule has 0 aliphatic heterocycles. The Bertz CT molecular complexity index is 729.